The van der Waals surface area contributed by atoms with Crippen molar-refractivity contribution in [3.05, 3.63) is 59.2 Å². The Morgan fingerprint density at radius 2 is 1.96 bits per heavy atom. The van der Waals surface area contributed by atoms with Crippen LogP contribution in [0.1, 0.15) is 49.2 Å². The summed E-state index contributed by atoms with van der Waals surface area (Å²) in [6, 6.07) is 13.6. The maximum Gasteiger partial charge on any atom is 0.309 e. The third kappa shape index (κ3) is 4.08. The summed E-state index contributed by atoms with van der Waals surface area (Å²) in [6.45, 7) is 3.99. The van der Waals surface area contributed by atoms with E-state index in [-0.39, 0.29) is 6.10 Å². The van der Waals surface area contributed by atoms with E-state index in [1.54, 1.807) is 14.0 Å². The summed E-state index contributed by atoms with van der Waals surface area (Å²) in [5, 5.41) is 9.31. The number of carbonyl (C=O) groups is 1. The Labute approximate surface area is 159 Å². The molecule has 3 rings (SSSR count). The number of benzene rings is 2. The number of aliphatic carboxylic acids is 1. The van der Waals surface area contributed by atoms with Gasteiger partial charge in [0, 0.05) is 12.2 Å². The lowest BCUT2D eigenvalue weighted by molar-refractivity contribution is -0.146. The van der Waals surface area contributed by atoms with E-state index in [0.717, 1.165) is 29.9 Å². The first kappa shape index (κ1) is 19.2. The Hall–Kier alpha value is -2.53. The zero-order chi connectivity index (χ0) is 19.4. The maximum absolute atomic E-state index is 11.3. The second-order valence-corrected chi connectivity index (χ2v) is 6.75. The first-order valence-corrected chi connectivity index (χ1v) is 9.32. The van der Waals surface area contributed by atoms with Gasteiger partial charge in [-0.3, -0.25) is 4.79 Å². The predicted molar refractivity (Wildman–Crippen MR) is 102 cm³/mol. The van der Waals surface area contributed by atoms with Crippen LogP contribution in [-0.4, -0.2) is 24.8 Å². The molecule has 144 valence electrons. The highest BCUT2D eigenvalue weighted by molar-refractivity contribution is 5.70. The molecule has 3 atom stereocenters. The van der Waals surface area contributed by atoms with Crippen LogP contribution in [0.2, 0.25) is 0 Å². The van der Waals surface area contributed by atoms with Crippen LogP contribution in [0.4, 0.5) is 0 Å². The van der Waals surface area contributed by atoms with E-state index in [1.165, 1.54) is 11.1 Å². The third-order valence-electron chi connectivity index (χ3n) is 5.07. The van der Waals surface area contributed by atoms with Gasteiger partial charge in [0.1, 0.15) is 17.6 Å². The first-order chi connectivity index (χ1) is 13.0. The molecule has 0 radical (unpaired) electrons. The molecule has 0 aromatic heterocycles. The van der Waals surface area contributed by atoms with Gasteiger partial charge in [0.05, 0.1) is 19.1 Å². The van der Waals surface area contributed by atoms with Crippen LogP contribution < -0.4 is 9.47 Å². The average molecular weight is 370 g/mol. The molecule has 1 N–H and O–H groups in total. The van der Waals surface area contributed by atoms with Gasteiger partial charge in [0.15, 0.2) is 0 Å². The summed E-state index contributed by atoms with van der Waals surface area (Å²) in [5.74, 6) is 0.185. The fraction of sp³-hybridized carbons (Fsp3) is 0.409. The predicted octanol–water partition coefficient (Wildman–Crippen LogP) is 4.56. The monoisotopic (exact) mass is 370 g/mol. The van der Waals surface area contributed by atoms with Gasteiger partial charge in [0.2, 0.25) is 0 Å². The van der Waals surface area contributed by atoms with Crippen LogP contribution in [0, 0.1) is 5.92 Å². The minimum Gasteiger partial charge on any atom is -0.496 e. The van der Waals surface area contributed by atoms with E-state index in [0.29, 0.717) is 6.61 Å². The second kappa shape index (κ2) is 8.44. The van der Waals surface area contributed by atoms with Crippen LogP contribution in [-0.2, 0) is 16.0 Å². The molecule has 0 saturated heterocycles. The Morgan fingerprint density at radius 3 is 2.59 bits per heavy atom. The van der Waals surface area contributed by atoms with Crippen molar-refractivity contribution in [3.63, 3.8) is 0 Å². The molecule has 0 spiro atoms. The number of ether oxygens (including phenoxy) is 3. The van der Waals surface area contributed by atoms with Crippen LogP contribution in [0.5, 0.6) is 11.5 Å². The number of carboxylic acid groups (broad SMARTS) is 1. The molecule has 0 fully saturated rings. The third-order valence-corrected chi connectivity index (χ3v) is 5.07. The van der Waals surface area contributed by atoms with Crippen LogP contribution >= 0.6 is 0 Å². The van der Waals surface area contributed by atoms with Crippen LogP contribution in [0.15, 0.2) is 42.5 Å². The standard InChI is InChI=1S/C22H26O5/c1-4-26-21(14(2)22(23)24)15-8-10-16(11-9-15)27-20-13-12-18-17(20)6-5-7-19(18)25-3/h5-11,14,20-21H,4,12-13H2,1-3H3,(H,23,24)/t14?,20?,21-/m0/s1. The van der Waals surface area contributed by atoms with Crippen molar-refractivity contribution in [2.75, 3.05) is 13.7 Å². The lowest BCUT2D eigenvalue weighted by Gasteiger charge is -2.22. The largest absolute Gasteiger partial charge is 0.496 e. The molecule has 0 bridgehead atoms. The molecule has 0 amide bonds. The topological polar surface area (TPSA) is 65.0 Å². The lowest BCUT2D eigenvalue weighted by Crippen LogP contribution is -2.21. The molecule has 27 heavy (non-hydrogen) atoms. The van der Waals surface area contributed by atoms with Gasteiger partial charge in [-0.25, -0.2) is 0 Å². The summed E-state index contributed by atoms with van der Waals surface area (Å²) in [6.07, 6.45) is 1.37. The van der Waals surface area contributed by atoms with Gasteiger partial charge in [-0.05, 0) is 56.0 Å². The SMILES string of the molecule is CCO[C@H](c1ccc(OC2CCc3c(OC)cccc32)cc1)C(C)C(=O)O. The van der Waals surface area contributed by atoms with Crippen LogP contribution in [0.25, 0.3) is 0 Å². The molecule has 0 heterocycles. The maximum atomic E-state index is 11.3. The molecular formula is C22H26O5. The van der Waals surface area contributed by atoms with Gasteiger partial charge in [0.25, 0.3) is 0 Å². The number of fused-ring (bicyclic) bond motifs is 1. The summed E-state index contributed by atoms with van der Waals surface area (Å²) >= 11 is 0. The van der Waals surface area contributed by atoms with Gasteiger partial charge < -0.3 is 19.3 Å². The van der Waals surface area contributed by atoms with E-state index in [2.05, 4.69) is 6.07 Å². The number of rotatable bonds is 8. The van der Waals surface area contributed by atoms with Crippen molar-refractivity contribution in [2.24, 2.45) is 5.92 Å². The van der Waals surface area contributed by atoms with Gasteiger partial charge in [-0.1, -0.05) is 24.3 Å². The molecule has 0 aliphatic heterocycles. The van der Waals surface area contributed by atoms with Crippen molar-refractivity contribution in [2.45, 2.75) is 38.9 Å². The summed E-state index contributed by atoms with van der Waals surface area (Å²) in [7, 11) is 1.69. The Kier molecular flexibility index (Phi) is 6.01. The molecule has 1 aliphatic carbocycles. The lowest BCUT2D eigenvalue weighted by atomic mass is 9.97. The van der Waals surface area contributed by atoms with E-state index in [4.69, 9.17) is 14.2 Å². The van der Waals surface area contributed by atoms with E-state index >= 15 is 0 Å². The number of hydrogen-bond acceptors (Lipinski definition) is 4. The highest BCUT2D eigenvalue weighted by atomic mass is 16.5. The van der Waals surface area contributed by atoms with Crippen molar-refractivity contribution in [3.8, 4) is 11.5 Å². The van der Waals surface area contributed by atoms with Gasteiger partial charge >= 0.3 is 5.97 Å². The molecular weight excluding hydrogens is 344 g/mol. The first-order valence-electron chi connectivity index (χ1n) is 9.32. The van der Waals surface area contributed by atoms with E-state index < -0.39 is 18.0 Å². The number of hydrogen-bond donors (Lipinski definition) is 1. The Balaban J connectivity index is 1.75. The molecule has 2 unspecified atom stereocenters. The average Bonchev–Trinajstić information content (AvgIpc) is 3.09. The quantitative estimate of drug-likeness (QED) is 0.738. The molecule has 5 nitrogen and oxygen atoms in total. The van der Waals surface area contributed by atoms with Crippen molar-refractivity contribution >= 4 is 5.97 Å². The normalized spacial score (nSPS) is 17.8. The van der Waals surface area contributed by atoms with Crippen molar-refractivity contribution in [1.82, 2.24) is 0 Å². The summed E-state index contributed by atoms with van der Waals surface area (Å²) in [5.41, 5.74) is 3.23. The summed E-state index contributed by atoms with van der Waals surface area (Å²) in [4.78, 5) is 11.3. The van der Waals surface area contributed by atoms with Gasteiger partial charge in [-0.2, -0.15) is 0 Å². The highest BCUT2D eigenvalue weighted by Crippen LogP contribution is 2.39. The Morgan fingerprint density at radius 1 is 1.22 bits per heavy atom. The Bertz CT molecular complexity index is 784. The van der Waals surface area contributed by atoms with Crippen molar-refractivity contribution in [1.29, 1.82) is 0 Å². The highest BCUT2D eigenvalue weighted by Gasteiger charge is 2.28. The zero-order valence-electron chi connectivity index (χ0n) is 16.0. The molecule has 0 saturated carbocycles. The zero-order valence-corrected chi connectivity index (χ0v) is 16.0. The smallest absolute Gasteiger partial charge is 0.309 e. The molecule has 2 aromatic rings. The van der Waals surface area contributed by atoms with Crippen LogP contribution in [0.3, 0.4) is 0 Å². The fourth-order valence-electron chi connectivity index (χ4n) is 3.64. The number of carboxylic acids is 1. The molecule has 5 heteroatoms. The number of methoxy groups -OCH3 is 1. The van der Waals surface area contributed by atoms with Crippen molar-refractivity contribution < 1.29 is 24.1 Å². The van der Waals surface area contributed by atoms with E-state index in [9.17, 15) is 9.90 Å². The van der Waals surface area contributed by atoms with E-state index in [1.807, 2.05) is 43.3 Å². The second-order valence-electron chi connectivity index (χ2n) is 6.75. The molecule has 1 aliphatic rings. The minimum absolute atomic E-state index is 0.00146. The van der Waals surface area contributed by atoms with Gasteiger partial charge in [-0.15, -0.1) is 0 Å². The minimum atomic E-state index is -0.870. The summed E-state index contributed by atoms with van der Waals surface area (Å²) < 4.78 is 17.3. The molecule has 2 aromatic carbocycles. The fourth-order valence-corrected chi connectivity index (χ4v) is 3.64.